The summed E-state index contributed by atoms with van der Waals surface area (Å²) in [6.07, 6.45) is 2.41. The van der Waals surface area contributed by atoms with E-state index >= 15 is 0 Å². The first-order chi connectivity index (χ1) is 11.2. The lowest BCUT2D eigenvalue weighted by molar-refractivity contribution is 0.101. The number of carbonyl (C=O) groups is 1. The number of rotatable bonds is 5. The van der Waals surface area contributed by atoms with Gasteiger partial charge in [-0.3, -0.25) is 9.69 Å². The fraction of sp³-hybridized carbons (Fsp3) is 0.412. The van der Waals surface area contributed by atoms with E-state index in [2.05, 4.69) is 15.4 Å². The number of aromatic nitrogens is 1. The molecule has 3 N–H and O–H groups in total. The van der Waals surface area contributed by atoms with Crippen molar-refractivity contribution >= 4 is 11.6 Å². The van der Waals surface area contributed by atoms with Crippen molar-refractivity contribution < 1.29 is 9.32 Å². The molecule has 23 heavy (non-hydrogen) atoms. The van der Waals surface area contributed by atoms with Crippen LogP contribution in [0.15, 0.2) is 28.8 Å². The number of carbonyl (C=O) groups excluding carboxylic acids is 1. The van der Waals surface area contributed by atoms with Gasteiger partial charge in [-0.05, 0) is 50.6 Å². The Morgan fingerprint density at radius 3 is 2.91 bits per heavy atom. The minimum absolute atomic E-state index is 0.245. The van der Waals surface area contributed by atoms with Crippen LogP contribution in [0.5, 0.6) is 0 Å². The van der Waals surface area contributed by atoms with Gasteiger partial charge in [0.25, 0.3) is 5.91 Å². The zero-order valence-electron chi connectivity index (χ0n) is 13.3. The van der Waals surface area contributed by atoms with Crippen LogP contribution in [-0.4, -0.2) is 29.1 Å². The molecule has 0 spiro atoms. The first-order valence-corrected chi connectivity index (χ1v) is 7.95. The Kier molecular flexibility index (Phi) is 4.73. The van der Waals surface area contributed by atoms with Gasteiger partial charge in [0.1, 0.15) is 5.76 Å². The van der Waals surface area contributed by atoms with Crippen LogP contribution < -0.4 is 11.1 Å². The summed E-state index contributed by atoms with van der Waals surface area (Å²) >= 11 is 0. The molecule has 0 radical (unpaired) electrons. The van der Waals surface area contributed by atoms with Crippen molar-refractivity contribution in [3.8, 4) is 0 Å². The summed E-state index contributed by atoms with van der Waals surface area (Å²) in [6, 6.07) is 7.50. The van der Waals surface area contributed by atoms with Gasteiger partial charge in [0, 0.05) is 24.3 Å². The summed E-state index contributed by atoms with van der Waals surface area (Å²) in [6.45, 7) is 5.12. The molecule has 0 aliphatic carbocycles. The number of amides is 1. The van der Waals surface area contributed by atoms with Crippen molar-refractivity contribution in [2.45, 2.75) is 32.9 Å². The fourth-order valence-corrected chi connectivity index (χ4v) is 2.89. The molecular weight excluding hydrogens is 292 g/mol. The van der Waals surface area contributed by atoms with E-state index in [0.29, 0.717) is 30.2 Å². The van der Waals surface area contributed by atoms with Crippen molar-refractivity contribution in [3.05, 3.63) is 46.8 Å². The molecule has 0 atom stereocenters. The Balaban J connectivity index is 1.76. The van der Waals surface area contributed by atoms with Crippen LogP contribution in [0.2, 0.25) is 0 Å². The van der Waals surface area contributed by atoms with Crippen molar-refractivity contribution in [1.82, 2.24) is 10.1 Å². The Morgan fingerprint density at radius 2 is 2.17 bits per heavy atom. The van der Waals surface area contributed by atoms with Gasteiger partial charge >= 0.3 is 0 Å². The molecular formula is C17H22N4O2. The molecule has 6 nitrogen and oxygen atoms in total. The molecule has 3 rings (SSSR count). The van der Waals surface area contributed by atoms with E-state index in [1.165, 1.54) is 12.8 Å². The van der Waals surface area contributed by atoms with E-state index in [-0.39, 0.29) is 5.91 Å². The lowest BCUT2D eigenvalue weighted by Crippen LogP contribution is -2.22. The lowest BCUT2D eigenvalue weighted by Gasteiger charge is -2.14. The summed E-state index contributed by atoms with van der Waals surface area (Å²) in [5.41, 5.74) is 8.56. The van der Waals surface area contributed by atoms with E-state index in [1.54, 1.807) is 0 Å². The van der Waals surface area contributed by atoms with Crippen LogP contribution in [0.25, 0.3) is 0 Å². The number of benzene rings is 1. The lowest BCUT2D eigenvalue weighted by atomic mass is 10.1. The Labute approximate surface area is 135 Å². The second-order valence-corrected chi connectivity index (χ2v) is 5.91. The second-order valence-electron chi connectivity index (χ2n) is 5.91. The van der Waals surface area contributed by atoms with Crippen LogP contribution in [0.1, 0.15) is 40.2 Å². The maximum Gasteiger partial charge on any atom is 0.278 e. The first kappa shape index (κ1) is 15.7. The first-order valence-electron chi connectivity index (χ1n) is 7.95. The number of nitrogens with two attached hydrogens (primary N) is 1. The van der Waals surface area contributed by atoms with E-state index in [1.807, 2.05) is 31.2 Å². The summed E-state index contributed by atoms with van der Waals surface area (Å²) in [5.74, 6) is 0.461. The summed E-state index contributed by atoms with van der Waals surface area (Å²) in [7, 11) is 0. The highest BCUT2D eigenvalue weighted by Crippen LogP contribution is 2.20. The zero-order chi connectivity index (χ0) is 16.2. The van der Waals surface area contributed by atoms with E-state index in [4.69, 9.17) is 10.3 Å². The highest BCUT2D eigenvalue weighted by atomic mass is 16.5. The monoisotopic (exact) mass is 314 g/mol. The molecule has 1 fully saturated rings. The number of aryl methyl sites for hydroxylation is 1. The van der Waals surface area contributed by atoms with Crippen LogP contribution in [-0.2, 0) is 13.1 Å². The highest BCUT2D eigenvalue weighted by molar-refractivity contribution is 6.03. The quantitative estimate of drug-likeness (QED) is 0.884. The molecule has 1 saturated heterocycles. The van der Waals surface area contributed by atoms with E-state index in [0.717, 1.165) is 24.2 Å². The Hall–Kier alpha value is -2.18. The number of likely N-dealkylation sites (tertiary alicyclic amines) is 1. The third-order valence-electron chi connectivity index (χ3n) is 4.20. The van der Waals surface area contributed by atoms with Gasteiger partial charge in [-0.25, -0.2) is 0 Å². The third-order valence-corrected chi connectivity index (χ3v) is 4.20. The minimum Gasteiger partial charge on any atom is -0.361 e. The molecule has 0 unspecified atom stereocenters. The van der Waals surface area contributed by atoms with Gasteiger partial charge in [0.2, 0.25) is 0 Å². The normalized spacial score (nSPS) is 15.0. The summed E-state index contributed by atoms with van der Waals surface area (Å²) in [4.78, 5) is 14.9. The maximum absolute atomic E-state index is 12.5. The van der Waals surface area contributed by atoms with Gasteiger partial charge in [-0.15, -0.1) is 0 Å². The average molecular weight is 314 g/mol. The molecule has 2 heterocycles. The van der Waals surface area contributed by atoms with E-state index < -0.39 is 0 Å². The van der Waals surface area contributed by atoms with E-state index in [9.17, 15) is 4.79 Å². The maximum atomic E-state index is 12.5. The molecule has 6 heteroatoms. The third kappa shape index (κ3) is 3.60. The SMILES string of the molecule is Cc1onc(C(=O)Nc2cccc(CN)c2)c1CN1CCCC1. The number of hydrogen-bond acceptors (Lipinski definition) is 5. The van der Waals surface area contributed by atoms with Crippen molar-refractivity contribution in [1.29, 1.82) is 0 Å². The fourth-order valence-electron chi connectivity index (χ4n) is 2.89. The van der Waals surface area contributed by atoms with Crippen LogP contribution >= 0.6 is 0 Å². The van der Waals surface area contributed by atoms with Gasteiger partial charge < -0.3 is 15.6 Å². The molecule has 1 aliphatic heterocycles. The van der Waals surface area contributed by atoms with Crippen molar-refractivity contribution in [3.63, 3.8) is 0 Å². The number of anilines is 1. The van der Waals surface area contributed by atoms with Crippen LogP contribution in [0.3, 0.4) is 0 Å². The van der Waals surface area contributed by atoms with Gasteiger partial charge in [-0.1, -0.05) is 17.3 Å². The molecule has 1 aromatic carbocycles. The van der Waals surface area contributed by atoms with Crippen LogP contribution in [0.4, 0.5) is 5.69 Å². The van der Waals surface area contributed by atoms with Gasteiger partial charge in [-0.2, -0.15) is 0 Å². The summed E-state index contributed by atoms with van der Waals surface area (Å²) < 4.78 is 5.25. The highest BCUT2D eigenvalue weighted by Gasteiger charge is 2.23. The number of nitrogens with zero attached hydrogens (tertiary/aromatic N) is 2. The standard InChI is InChI=1S/C17H22N4O2/c1-12-15(11-21-7-2-3-8-21)16(20-23-12)17(22)19-14-6-4-5-13(9-14)10-18/h4-6,9H,2-3,7-8,10-11,18H2,1H3,(H,19,22). The van der Waals surface area contributed by atoms with Gasteiger partial charge in [0.15, 0.2) is 5.69 Å². The van der Waals surface area contributed by atoms with Crippen molar-refractivity contribution in [2.75, 3.05) is 18.4 Å². The number of hydrogen-bond donors (Lipinski definition) is 2. The molecule has 1 aromatic heterocycles. The average Bonchev–Trinajstić information content (AvgIpc) is 3.19. The second kappa shape index (κ2) is 6.93. The minimum atomic E-state index is -0.245. The van der Waals surface area contributed by atoms with Crippen molar-refractivity contribution in [2.24, 2.45) is 5.73 Å². The molecule has 1 aliphatic rings. The smallest absolute Gasteiger partial charge is 0.278 e. The molecule has 2 aromatic rings. The van der Waals surface area contributed by atoms with Crippen LogP contribution in [0, 0.1) is 6.92 Å². The largest absolute Gasteiger partial charge is 0.361 e. The Bertz CT molecular complexity index is 690. The number of nitrogens with one attached hydrogen (secondary N) is 1. The topological polar surface area (TPSA) is 84.4 Å². The molecule has 1 amide bonds. The molecule has 122 valence electrons. The Morgan fingerprint density at radius 1 is 1.39 bits per heavy atom. The predicted octanol–water partition coefficient (Wildman–Crippen LogP) is 2.29. The predicted molar refractivity (Wildman–Crippen MR) is 88.0 cm³/mol. The summed E-state index contributed by atoms with van der Waals surface area (Å²) in [5, 5.41) is 6.83. The zero-order valence-corrected chi connectivity index (χ0v) is 13.3. The van der Waals surface area contributed by atoms with Gasteiger partial charge in [0.05, 0.1) is 0 Å². The molecule has 0 saturated carbocycles. The molecule has 0 bridgehead atoms.